The minimum atomic E-state index is -0.430. The zero-order valence-corrected chi connectivity index (χ0v) is 13.0. The van der Waals surface area contributed by atoms with Crippen molar-refractivity contribution in [2.24, 2.45) is 0 Å². The van der Waals surface area contributed by atoms with Crippen LogP contribution in [0.3, 0.4) is 0 Å². The van der Waals surface area contributed by atoms with E-state index in [1.54, 1.807) is 35.8 Å². The highest BCUT2D eigenvalue weighted by Crippen LogP contribution is 2.36. The van der Waals surface area contributed by atoms with Crippen LogP contribution in [-0.4, -0.2) is 20.2 Å². The molecule has 3 rings (SSSR count). The van der Waals surface area contributed by atoms with E-state index in [2.05, 4.69) is 10.3 Å². The van der Waals surface area contributed by atoms with Gasteiger partial charge in [-0.1, -0.05) is 23.1 Å². The van der Waals surface area contributed by atoms with E-state index >= 15 is 0 Å². The van der Waals surface area contributed by atoms with Crippen molar-refractivity contribution >= 4 is 45.5 Å². The number of imidazole rings is 1. The van der Waals surface area contributed by atoms with Crippen LogP contribution in [0.2, 0.25) is 0 Å². The summed E-state index contributed by atoms with van der Waals surface area (Å²) >= 11 is 2.57. The highest BCUT2D eigenvalue weighted by molar-refractivity contribution is 7.99. The Morgan fingerprint density at radius 3 is 2.77 bits per heavy atom. The van der Waals surface area contributed by atoms with E-state index in [0.717, 1.165) is 4.90 Å². The molecule has 0 radical (unpaired) electrons. The Labute approximate surface area is 133 Å². The molecule has 0 saturated carbocycles. The predicted molar refractivity (Wildman–Crippen MR) is 84.6 cm³/mol. The number of nitro groups is 1. The third kappa shape index (κ3) is 2.81. The van der Waals surface area contributed by atoms with Crippen LogP contribution in [0, 0.1) is 10.1 Å². The summed E-state index contributed by atoms with van der Waals surface area (Å²) in [5.41, 5.74) is 0.678. The van der Waals surface area contributed by atoms with Crippen molar-refractivity contribution in [3.05, 3.63) is 46.0 Å². The monoisotopic (exact) mass is 334 g/mol. The predicted octanol–water partition coefficient (Wildman–Crippen LogP) is 3.41. The fourth-order valence-corrected chi connectivity index (χ4v) is 3.57. The molecule has 1 amide bonds. The highest BCUT2D eigenvalue weighted by atomic mass is 32.2. The molecular weight excluding hydrogens is 324 g/mol. The van der Waals surface area contributed by atoms with Crippen LogP contribution in [0.15, 0.2) is 45.8 Å². The number of amides is 1. The SMILES string of the molecule is CC(=O)Nc1ccc(Sc2nc3sccn3c2[N+](=O)[O-])cc1. The Bertz CT molecular complexity index is 854. The smallest absolute Gasteiger partial charge is 0.358 e. The molecule has 0 bridgehead atoms. The third-order valence-corrected chi connectivity index (χ3v) is 4.50. The minimum Gasteiger partial charge on any atom is -0.358 e. The second-order valence-electron chi connectivity index (χ2n) is 4.36. The molecule has 0 aliphatic heterocycles. The van der Waals surface area contributed by atoms with Crippen molar-refractivity contribution in [1.82, 2.24) is 9.38 Å². The fraction of sp³-hybridized carbons (Fsp3) is 0.0769. The van der Waals surface area contributed by atoms with Gasteiger partial charge in [-0.2, -0.15) is 9.38 Å². The molecule has 22 heavy (non-hydrogen) atoms. The van der Waals surface area contributed by atoms with Gasteiger partial charge >= 0.3 is 5.82 Å². The van der Waals surface area contributed by atoms with Gasteiger partial charge in [0.2, 0.25) is 10.9 Å². The first-order valence-electron chi connectivity index (χ1n) is 6.20. The summed E-state index contributed by atoms with van der Waals surface area (Å²) in [6.07, 6.45) is 1.63. The van der Waals surface area contributed by atoms with Gasteiger partial charge in [0.1, 0.15) is 6.20 Å². The largest absolute Gasteiger partial charge is 0.363 e. The Kier molecular flexibility index (Phi) is 3.82. The zero-order valence-electron chi connectivity index (χ0n) is 11.3. The quantitative estimate of drug-likeness (QED) is 0.583. The Morgan fingerprint density at radius 2 is 2.14 bits per heavy atom. The van der Waals surface area contributed by atoms with E-state index < -0.39 is 4.92 Å². The lowest BCUT2D eigenvalue weighted by Gasteiger charge is -2.03. The maximum Gasteiger partial charge on any atom is 0.363 e. The molecule has 0 spiro atoms. The van der Waals surface area contributed by atoms with Crippen molar-refractivity contribution in [3.63, 3.8) is 0 Å². The molecule has 3 aromatic rings. The summed E-state index contributed by atoms with van der Waals surface area (Å²) in [6.45, 7) is 1.43. The topological polar surface area (TPSA) is 89.5 Å². The van der Waals surface area contributed by atoms with Crippen LogP contribution in [0.1, 0.15) is 6.92 Å². The van der Waals surface area contributed by atoms with Crippen molar-refractivity contribution in [2.45, 2.75) is 16.8 Å². The molecule has 0 fully saturated rings. The number of nitrogens with zero attached hydrogens (tertiary/aromatic N) is 3. The van der Waals surface area contributed by atoms with Gasteiger partial charge in [-0.05, 0) is 29.2 Å². The van der Waals surface area contributed by atoms with Crippen LogP contribution in [0.5, 0.6) is 0 Å². The number of thiazole rings is 1. The van der Waals surface area contributed by atoms with Crippen molar-refractivity contribution in [2.75, 3.05) is 5.32 Å². The molecule has 0 unspecified atom stereocenters. The summed E-state index contributed by atoms with van der Waals surface area (Å²) in [5.74, 6) is -0.183. The zero-order chi connectivity index (χ0) is 15.7. The van der Waals surface area contributed by atoms with Crippen LogP contribution >= 0.6 is 23.1 Å². The molecular formula is C13H10N4O3S2. The average molecular weight is 334 g/mol. The number of hydrogen-bond acceptors (Lipinski definition) is 6. The summed E-state index contributed by atoms with van der Waals surface area (Å²) < 4.78 is 1.47. The summed E-state index contributed by atoms with van der Waals surface area (Å²) in [7, 11) is 0. The Hall–Kier alpha value is -2.39. The molecule has 0 aliphatic carbocycles. The normalized spacial score (nSPS) is 10.8. The van der Waals surface area contributed by atoms with Crippen molar-refractivity contribution < 1.29 is 9.72 Å². The molecule has 7 nitrogen and oxygen atoms in total. The number of aromatic nitrogens is 2. The van der Waals surface area contributed by atoms with Gasteiger partial charge in [0.05, 0.1) is 0 Å². The van der Waals surface area contributed by atoms with Crippen molar-refractivity contribution in [1.29, 1.82) is 0 Å². The first kappa shape index (κ1) is 14.5. The van der Waals surface area contributed by atoms with Gasteiger partial charge in [0.25, 0.3) is 4.96 Å². The standard InChI is InChI=1S/C13H10N4O3S2/c1-8(18)14-9-2-4-10(5-3-9)22-11-12(17(19)20)16-6-7-21-13(16)15-11/h2-7H,1H3,(H,14,18). The lowest BCUT2D eigenvalue weighted by molar-refractivity contribution is -0.393. The van der Waals surface area contributed by atoms with Crippen molar-refractivity contribution in [3.8, 4) is 0 Å². The first-order chi connectivity index (χ1) is 10.5. The number of fused-ring (bicyclic) bond motifs is 1. The number of hydrogen-bond donors (Lipinski definition) is 1. The second kappa shape index (κ2) is 5.78. The second-order valence-corrected chi connectivity index (χ2v) is 6.30. The van der Waals surface area contributed by atoms with E-state index in [1.165, 1.54) is 34.4 Å². The average Bonchev–Trinajstić information content (AvgIpc) is 3.00. The van der Waals surface area contributed by atoms with Gasteiger partial charge in [0.15, 0.2) is 0 Å². The number of carbonyl (C=O) groups is 1. The van der Waals surface area contributed by atoms with E-state index in [9.17, 15) is 14.9 Å². The maximum absolute atomic E-state index is 11.2. The maximum atomic E-state index is 11.2. The van der Waals surface area contributed by atoms with Crippen LogP contribution in [0.4, 0.5) is 11.5 Å². The molecule has 0 atom stereocenters. The van der Waals surface area contributed by atoms with E-state index in [0.29, 0.717) is 15.7 Å². The van der Waals surface area contributed by atoms with Crippen LogP contribution in [-0.2, 0) is 4.79 Å². The Morgan fingerprint density at radius 1 is 1.41 bits per heavy atom. The summed E-state index contributed by atoms with van der Waals surface area (Å²) in [5, 5.41) is 16.0. The third-order valence-electron chi connectivity index (χ3n) is 2.77. The number of rotatable bonds is 4. The lowest BCUT2D eigenvalue weighted by Crippen LogP contribution is -2.05. The number of carbonyl (C=O) groups excluding carboxylic acids is 1. The molecule has 112 valence electrons. The highest BCUT2D eigenvalue weighted by Gasteiger charge is 2.24. The molecule has 0 aliphatic rings. The van der Waals surface area contributed by atoms with Gasteiger partial charge in [-0.25, -0.2) is 0 Å². The van der Waals surface area contributed by atoms with Gasteiger partial charge in [-0.3, -0.25) is 4.79 Å². The summed E-state index contributed by atoms with van der Waals surface area (Å²) in [4.78, 5) is 27.5. The van der Waals surface area contributed by atoms with E-state index in [1.807, 2.05) is 0 Å². The number of anilines is 1. The summed E-state index contributed by atoms with van der Waals surface area (Å²) in [6, 6.07) is 7.06. The molecule has 1 aromatic carbocycles. The first-order valence-corrected chi connectivity index (χ1v) is 7.89. The molecule has 9 heteroatoms. The van der Waals surface area contributed by atoms with Crippen LogP contribution < -0.4 is 5.32 Å². The van der Waals surface area contributed by atoms with Gasteiger partial charge < -0.3 is 15.4 Å². The molecule has 0 saturated heterocycles. The molecule has 1 N–H and O–H groups in total. The lowest BCUT2D eigenvalue weighted by atomic mass is 10.3. The number of benzene rings is 1. The Balaban J connectivity index is 1.89. The minimum absolute atomic E-state index is 0.0350. The number of nitrogens with one attached hydrogen (secondary N) is 1. The van der Waals surface area contributed by atoms with Gasteiger partial charge in [0, 0.05) is 22.9 Å². The van der Waals surface area contributed by atoms with Crippen LogP contribution in [0.25, 0.3) is 4.96 Å². The fourth-order valence-electron chi connectivity index (χ4n) is 1.91. The molecule has 2 heterocycles. The van der Waals surface area contributed by atoms with E-state index in [-0.39, 0.29) is 11.7 Å². The van der Waals surface area contributed by atoms with Gasteiger partial charge in [-0.15, -0.1) is 0 Å². The molecule has 2 aromatic heterocycles. The van der Waals surface area contributed by atoms with E-state index in [4.69, 9.17) is 0 Å².